The Hall–Kier alpha value is -1.64. The summed E-state index contributed by atoms with van der Waals surface area (Å²) in [5.74, 6) is 0. The highest BCUT2D eigenvalue weighted by Crippen LogP contribution is 2.10. The zero-order valence-electron chi connectivity index (χ0n) is 6.66. The first kappa shape index (κ1) is 7.03. The number of aryl methyl sites for hydroxylation is 1. The van der Waals surface area contributed by atoms with Gasteiger partial charge in [-0.25, -0.2) is 0 Å². The second-order valence-corrected chi connectivity index (χ2v) is 2.74. The highest BCUT2D eigenvalue weighted by molar-refractivity contribution is 5.80. The fourth-order valence-corrected chi connectivity index (χ4v) is 1.28. The van der Waals surface area contributed by atoms with Gasteiger partial charge in [-0.05, 0) is 18.6 Å². The number of pyridine rings is 2. The van der Waals surface area contributed by atoms with Gasteiger partial charge in [0.15, 0.2) is 0 Å². The zero-order chi connectivity index (χ0) is 8.55. The topological polar surface area (TPSA) is 45.8 Å². The van der Waals surface area contributed by atoms with Crippen LogP contribution in [0.25, 0.3) is 10.9 Å². The summed E-state index contributed by atoms with van der Waals surface area (Å²) in [6, 6.07) is 3.48. The van der Waals surface area contributed by atoms with Crippen LogP contribution in [0, 0.1) is 6.92 Å². The summed E-state index contributed by atoms with van der Waals surface area (Å²) in [5, 5.41) is 1.05. The maximum Gasteiger partial charge on any atom is 0.248 e. The number of fused-ring (bicyclic) bond motifs is 1. The summed E-state index contributed by atoms with van der Waals surface area (Å²) < 4.78 is 0. The average molecular weight is 160 g/mol. The average Bonchev–Trinajstić information content (AvgIpc) is 2.04. The van der Waals surface area contributed by atoms with Crippen molar-refractivity contribution in [2.45, 2.75) is 6.92 Å². The van der Waals surface area contributed by atoms with Gasteiger partial charge in [0, 0.05) is 17.6 Å². The molecule has 0 aliphatic carbocycles. The van der Waals surface area contributed by atoms with E-state index in [0.717, 1.165) is 16.5 Å². The minimum atomic E-state index is -0.0759. The molecule has 0 aliphatic rings. The standard InChI is InChI=1S/C9H8N2O/c1-6-4-9(12)11-8-5-10-3-2-7(6)8/h2-5H,1H3,(H,11,12). The number of nitrogens with one attached hydrogen (secondary N) is 1. The van der Waals surface area contributed by atoms with E-state index in [4.69, 9.17) is 0 Å². The van der Waals surface area contributed by atoms with Crippen LogP contribution in [0.2, 0.25) is 0 Å². The number of hydrogen-bond donors (Lipinski definition) is 1. The van der Waals surface area contributed by atoms with E-state index in [-0.39, 0.29) is 5.56 Å². The van der Waals surface area contributed by atoms with Crippen molar-refractivity contribution in [1.29, 1.82) is 0 Å². The van der Waals surface area contributed by atoms with Gasteiger partial charge >= 0.3 is 0 Å². The molecule has 0 spiro atoms. The first-order valence-corrected chi connectivity index (χ1v) is 3.71. The van der Waals surface area contributed by atoms with Crippen molar-refractivity contribution in [3.8, 4) is 0 Å². The predicted molar refractivity (Wildman–Crippen MR) is 47.1 cm³/mol. The van der Waals surface area contributed by atoms with Gasteiger partial charge in [-0.3, -0.25) is 9.78 Å². The lowest BCUT2D eigenvalue weighted by Crippen LogP contribution is -2.04. The quantitative estimate of drug-likeness (QED) is 0.630. The van der Waals surface area contributed by atoms with Crippen molar-refractivity contribution in [2.75, 3.05) is 0 Å². The van der Waals surface area contributed by atoms with Gasteiger partial charge in [0.25, 0.3) is 0 Å². The van der Waals surface area contributed by atoms with Crippen LogP contribution in [0.15, 0.2) is 29.3 Å². The lowest BCUT2D eigenvalue weighted by atomic mass is 10.2. The molecule has 0 fully saturated rings. The Bertz CT molecular complexity index is 473. The minimum absolute atomic E-state index is 0.0759. The molecule has 2 aromatic rings. The number of H-pyrrole nitrogens is 1. The molecule has 3 heteroatoms. The molecular weight excluding hydrogens is 152 g/mol. The predicted octanol–water partition coefficient (Wildman–Crippen LogP) is 1.23. The fourth-order valence-electron chi connectivity index (χ4n) is 1.28. The molecule has 0 bridgehead atoms. The SMILES string of the molecule is Cc1cc(=O)[nH]c2cnccc12. The van der Waals surface area contributed by atoms with E-state index in [1.54, 1.807) is 18.5 Å². The van der Waals surface area contributed by atoms with Crippen LogP contribution in [0.1, 0.15) is 5.56 Å². The molecule has 0 unspecified atom stereocenters. The Morgan fingerprint density at radius 2 is 2.33 bits per heavy atom. The third kappa shape index (κ3) is 0.993. The number of aromatic nitrogens is 2. The Kier molecular flexibility index (Phi) is 1.43. The number of rotatable bonds is 0. The van der Waals surface area contributed by atoms with E-state index in [2.05, 4.69) is 9.97 Å². The summed E-state index contributed by atoms with van der Waals surface area (Å²) in [6.07, 6.45) is 3.37. The van der Waals surface area contributed by atoms with Crippen LogP contribution in [-0.4, -0.2) is 9.97 Å². The molecular formula is C9H8N2O. The van der Waals surface area contributed by atoms with Crippen molar-refractivity contribution in [2.24, 2.45) is 0 Å². The van der Waals surface area contributed by atoms with Crippen LogP contribution < -0.4 is 5.56 Å². The lowest BCUT2D eigenvalue weighted by Gasteiger charge is -1.98. The number of nitrogens with zero attached hydrogens (tertiary/aromatic N) is 1. The molecule has 1 N–H and O–H groups in total. The highest BCUT2D eigenvalue weighted by Gasteiger charge is 1.96. The van der Waals surface area contributed by atoms with Crippen molar-refractivity contribution < 1.29 is 0 Å². The number of hydrogen-bond acceptors (Lipinski definition) is 2. The van der Waals surface area contributed by atoms with Crippen LogP contribution in [0.4, 0.5) is 0 Å². The van der Waals surface area contributed by atoms with E-state index in [9.17, 15) is 4.79 Å². The molecule has 2 aromatic heterocycles. The third-order valence-electron chi connectivity index (χ3n) is 1.85. The summed E-state index contributed by atoms with van der Waals surface area (Å²) in [4.78, 5) is 17.7. The van der Waals surface area contributed by atoms with Crippen molar-refractivity contribution in [3.63, 3.8) is 0 Å². The van der Waals surface area contributed by atoms with Gasteiger partial charge in [0.2, 0.25) is 5.56 Å². The second-order valence-electron chi connectivity index (χ2n) is 2.74. The highest BCUT2D eigenvalue weighted by atomic mass is 16.1. The Morgan fingerprint density at radius 3 is 3.17 bits per heavy atom. The van der Waals surface area contributed by atoms with E-state index in [1.165, 1.54) is 0 Å². The summed E-state index contributed by atoms with van der Waals surface area (Å²) in [6.45, 7) is 1.91. The zero-order valence-corrected chi connectivity index (χ0v) is 6.66. The van der Waals surface area contributed by atoms with Crippen LogP contribution >= 0.6 is 0 Å². The molecule has 2 rings (SSSR count). The van der Waals surface area contributed by atoms with E-state index in [0.29, 0.717) is 0 Å². The van der Waals surface area contributed by atoms with Crippen molar-refractivity contribution in [3.05, 3.63) is 40.4 Å². The maximum absolute atomic E-state index is 11.0. The molecule has 0 saturated heterocycles. The molecule has 0 aromatic carbocycles. The largest absolute Gasteiger partial charge is 0.321 e. The molecule has 2 heterocycles. The molecule has 3 nitrogen and oxygen atoms in total. The summed E-state index contributed by atoms with van der Waals surface area (Å²) in [7, 11) is 0. The van der Waals surface area contributed by atoms with Crippen LogP contribution in [0.5, 0.6) is 0 Å². The van der Waals surface area contributed by atoms with Crippen LogP contribution in [0.3, 0.4) is 0 Å². The van der Waals surface area contributed by atoms with Gasteiger partial charge in [-0.2, -0.15) is 0 Å². The van der Waals surface area contributed by atoms with E-state index >= 15 is 0 Å². The minimum Gasteiger partial charge on any atom is -0.321 e. The normalized spacial score (nSPS) is 10.4. The molecule has 0 aliphatic heterocycles. The van der Waals surface area contributed by atoms with Gasteiger partial charge in [-0.1, -0.05) is 0 Å². The summed E-state index contributed by atoms with van der Waals surface area (Å²) in [5.41, 5.74) is 1.70. The van der Waals surface area contributed by atoms with Crippen molar-refractivity contribution in [1.82, 2.24) is 9.97 Å². The van der Waals surface area contributed by atoms with Gasteiger partial charge in [0.05, 0.1) is 11.7 Å². The maximum atomic E-state index is 11.0. The van der Waals surface area contributed by atoms with Gasteiger partial charge in [-0.15, -0.1) is 0 Å². The molecule has 0 saturated carbocycles. The Labute approximate surface area is 69.1 Å². The van der Waals surface area contributed by atoms with Crippen molar-refractivity contribution >= 4 is 10.9 Å². The lowest BCUT2D eigenvalue weighted by molar-refractivity contribution is 1.24. The molecule has 60 valence electrons. The molecule has 12 heavy (non-hydrogen) atoms. The van der Waals surface area contributed by atoms with Gasteiger partial charge in [0.1, 0.15) is 0 Å². The summed E-state index contributed by atoms with van der Waals surface area (Å²) >= 11 is 0. The molecule has 0 radical (unpaired) electrons. The number of aromatic amines is 1. The fraction of sp³-hybridized carbons (Fsp3) is 0.111. The second kappa shape index (κ2) is 2.44. The molecule has 0 amide bonds. The van der Waals surface area contributed by atoms with E-state index < -0.39 is 0 Å². The van der Waals surface area contributed by atoms with Crippen LogP contribution in [-0.2, 0) is 0 Å². The smallest absolute Gasteiger partial charge is 0.248 e. The first-order chi connectivity index (χ1) is 5.77. The molecule has 0 atom stereocenters. The van der Waals surface area contributed by atoms with E-state index in [1.807, 2.05) is 13.0 Å². The van der Waals surface area contributed by atoms with Gasteiger partial charge < -0.3 is 4.98 Å². The first-order valence-electron chi connectivity index (χ1n) is 3.71. The monoisotopic (exact) mass is 160 g/mol. The Balaban J connectivity index is 2.99. The third-order valence-corrected chi connectivity index (χ3v) is 1.85. The Morgan fingerprint density at radius 1 is 1.50 bits per heavy atom.